The first-order chi connectivity index (χ1) is 12.5. The van der Waals surface area contributed by atoms with E-state index in [1.54, 1.807) is 0 Å². The highest BCUT2D eigenvalue weighted by Gasteiger charge is 2.27. The van der Waals surface area contributed by atoms with Gasteiger partial charge in [0, 0.05) is 18.7 Å². The summed E-state index contributed by atoms with van der Waals surface area (Å²) in [5.41, 5.74) is 0.145. The van der Waals surface area contributed by atoms with E-state index in [2.05, 4.69) is 0 Å². The normalized spacial score (nSPS) is 15.5. The summed E-state index contributed by atoms with van der Waals surface area (Å²) in [5, 5.41) is 0. The van der Waals surface area contributed by atoms with Gasteiger partial charge in [0.1, 0.15) is 0 Å². The van der Waals surface area contributed by atoms with Crippen molar-refractivity contribution in [2.75, 3.05) is 32.9 Å². The van der Waals surface area contributed by atoms with E-state index in [-0.39, 0.29) is 29.3 Å². The van der Waals surface area contributed by atoms with Gasteiger partial charge in [-0.1, -0.05) is 12.1 Å². The third kappa shape index (κ3) is 4.01. The molecule has 2 heterocycles. The van der Waals surface area contributed by atoms with E-state index in [9.17, 15) is 18.0 Å². The molecule has 0 unspecified atom stereocenters. The molecule has 0 radical (unpaired) electrons. The van der Waals surface area contributed by atoms with Crippen molar-refractivity contribution in [3.05, 3.63) is 54.0 Å². The summed E-state index contributed by atoms with van der Waals surface area (Å²) in [6, 6.07) is 8.61. The van der Waals surface area contributed by atoms with Gasteiger partial charge >= 0.3 is 5.97 Å². The van der Waals surface area contributed by atoms with Gasteiger partial charge in [-0.3, -0.25) is 4.79 Å². The van der Waals surface area contributed by atoms with E-state index >= 15 is 0 Å². The summed E-state index contributed by atoms with van der Waals surface area (Å²) < 4.78 is 41.5. The summed E-state index contributed by atoms with van der Waals surface area (Å²) >= 11 is 0. The minimum absolute atomic E-state index is 0.0126. The average Bonchev–Trinajstić information content (AvgIpc) is 3.21. The van der Waals surface area contributed by atoms with Crippen molar-refractivity contribution in [2.45, 2.75) is 4.90 Å². The number of sulfonamides is 1. The number of ketones is 1. The van der Waals surface area contributed by atoms with Crippen LogP contribution in [0.15, 0.2) is 52.0 Å². The fourth-order valence-electron chi connectivity index (χ4n) is 2.45. The van der Waals surface area contributed by atoms with E-state index in [0.29, 0.717) is 13.2 Å². The van der Waals surface area contributed by atoms with Crippen molar-refractivity contribution < 1.29 is 31.9 Å². The molecule has 0 N–H and O–H groups in total. The molecule has 138 valence electrons. The van der Waals surface area contributed by atoms with Crippen LogP contribution < -0.4 is 0 Å². The van der Waals surface area contributed by atoms with Gasteiger partial charge in [-0.25, -0.2) is 13.2 Å². The number of rotatable bonds is 6. The lowest BCUT2D eigenvalue weighted by molar-refractivity contribution is 0.0444. The van der Waals surface area contributed by atoms with Crippen LogP contribution in [0.5, 0.6) is 0 Å². The van der Waals surface area contributed by atoms with Crippen LogP contribution in [0, 0.1) is 0 Å². The lowest BCUT2D eigenvalue weighted by atomic mass is 10.1. The average molecular weight is 379 g/mol. The van der Waals surface area contributed by atoms with Crippen LogP contribution >= 0.6 is 0 Å². The van der Waals surface area contributed by atoms with E-state index in [4.69, 9.17) is 13.9 Å². The maximum absolute atomic E-state index is 12.6. The molecule has 1 saturated heterocycles. The number of hydrogen-bond acceptors (Lipinski definition) is 7. The summed E-state index contributed by atoms with van der Waals surface area (Å²) in [7, 11) is -3.71. The van der Waals surface area contributed by atoms with Crippen LogP contribution in [0.3, 0.4) is 0 Å². The lowest BCUT2D eigenvalue weighted by Gasteiger charge is -2.26. The predicted molar refractivity (Wildman–Crippen MR) is 89.3 cm³/mol. The van der Waals surface area contributed by atoms with Crippen LogP contribution in [0.25, 0.3) is 0 Å². The minimum Gasteiger partial charge on any atom is -0.457 e. The minimum atomic E-state index is -3.71. The third-order valence-electron chi connectivity index (χ3n) is 3.82. The van der Waals surface area contributed by atoms with Crippen LogP contribution in [-0.2, 0) is 19.5 Å². The highest BCUT2D eigenvalue weighted by atomic mass is 32.2. The van der Waals surface area contributed by atoms with Crippen LogP contribution in [0.2, 0.25) is 0 Å². The van der Waals surface area contributed by atoms with Crippen LogP contribution in [0.1, 0.15) is 20.9 Å². The maximum Gasteiger partial charge on any atom is 0.374 e. The number of benzene rings is 1. The first-order valence-electron chi connectivity index (χ1n) is 7.90. The molecular formula is C17H17NO7S. The summed E-state index contributed by atoms with van der Waals surface area (Å²) in [6.07, 6.45) is 1.32. The highest BCUT2D eigenvalue weighted by molar-refractivity contribution is 7.89. The lowest BCUT2D eigenvalue weighted by Crippen LogP contribution is -2.40. The number of ether oxygens (including phenoxy) is 2. The smallest absolute Gasteiger partial charge is 0.374 e. The molecule has 1 aliphatic heterocycles. The third-order valence-corrected chi connectivity index (χ3v) is 5.72. The van der Waals surface area contributed by atoms with E-state index < -0.39 is 28.4 Å². The Balaban J connectivity index is 1.70. The van der Waals surface area contributed by atoms with Gasteiger partial charge in [-0.05, 0) is 24.3 Å². The number of nitrogens with zero attached hydrogens (tertiary/aromatic N) is 1. The molecule has 1 aliphatic rings. The second kappa shape index (κ2) is 7.81. The van der Waals surface area contributed by atoms with Gasteiger partial charge in [-0.2, -0.15) is 4.31 Å². The zero-order valence-corrected chi connectivity index (χ0v) is 14.6. The Morgan fingerprint density at radius 3 is 2.58 bits per heavy atom. The van der Waals surface area contributed by atoms with Crippen molar-refractivity contribution >= 4 is 21.8 Å². The van der Waals surface area contributed by atoms with E-state index in [1.807, 2.05) is 0 Å². The Labute approximate surface area is 150 Å². The molecule has 0 bridgehead atoms. The molecular weight excluding hydrogens is 362 g/mol. The Hall–Kier alpha value is -2.49. The quantitative estimate of drug-likeness (QED) is 0.551. The fourth-order valence-corrected chi connectivity index (χ4v) is 3.90. The second-order valence-corrected chi connectivity index (χ2v) is 7.46. The molecule has 0 atom stereocenters. The van der Waals surface area contributed by atoms with Crippen molar-refractivity contribution in [1.82, 2.24) is 4.31 Å². The van der Waals surface area contributed by atoms with Crippen molar-refractivity contribution in [1.29, 1.82) is 0 Å². The first-order valence-corrected chi connectivity index (χ1v) is 9.34. The Morgan fingerprint density at radius 2 is 1.88 bits per heavy atom. The van der Waals surface area contributed by atoms with Gasteiger partial charge in [0.05, 0.1) is 24.4 Å². The molecule has 8 nitrogen and oxygen atoms in total. The van der Waals surface area contributed by atoms with E-state index in [0.717, 1.165) is 0 Å². The zero-order valence-electron chi connectivity index (χ0n) is 13.8. The molecule has 3 rings (SSSR count). The number of furan rings is 1. The summed E-state index contributed by atoms with van der Waals surface area (Å²) in [4.78, 5) is 23.9. The molecule has 1 aromatic heterocycles. The number of hydrogen-bond donors (Lipinski definition) is 0. The molecule has 1 aromatic carbocycles. The zero-order chi connectivity index (χ0) is 18.6. The molecule has 0 amide bonds. The SMILES string of the molecule is O=C(COC(=O)c1ccco1)c1cccc(S(=O)(=O)N2CCOCC2)c1. The molecule has 0 saturated carbocycles. The standard InChI is InChI=1S/C17H17NO7S/c19-15(12-25-17(20)16-5-2-8-24-16)13-3-1-4-14(11-13)26(21,22)18-6-9-23-10-7-18/h1-5,8,11H,6-7,9-10,12H2. The van der Waals surface area contributed by atoms with Gasteiger partial charge in [0.25, 0.3) is 0 Å². The topological polar surface area (TPSA) is 103 Å². The molecule has 2 aromatic rings. The van der Waals surface area contributed by atoms with Crippen molar-refractivity contribution in [2.24, 2.45) is 0 Å². The number of Topliss-reactive ketones (excluding diaryl/α,β-unsaturated/α-hetero) is 1. The fraction of sp³-hybridized carbons (Fsp3) is 0.294. The highest BCUT2D eigenvalue weighted by Crippen LogP contribution is 2.18. The van der Waals surface area contributed by atoms with Crippen LogP contribution in [0.4, 0.5) is 0 Å². The van der Waals surface area contributed by atoms with Gasteiger partial charge in [-0.15, -0.1) is 0 Å². The number of morpholine rings is 1. The van der Waals surface area contributed by atoms with Gasteiger partial charge in [0.15, 0.2) is 12.4 Å². The number of carbonyl (C=O) groups is 2. The monoisotopic (exact) mass is 379 g/mol. The molecule has 9 heteroatoms. The Bertz CT molecular complexity index is 884. The Kier molecular flexibility index (Phi) is 5.50. The van der Waals surface area contributed by atoms with Gasteiger partial charge in [0.2, 0.25) is 15.8 Å². The molecule has 0 spiro atoms. The van der Waals surface area contributed by atoms with Crippen molar-refractivity contribution in [3.63, 3.8) is 0 Å². The summed E-state index contributed by atoms with van der Waals surface area (Å²) in [6.45, 7) is 0.685. The molecule has 26 heavy (non-hydrogen) atoms. The van der Waals surface area contributed by atoms with E-state index in [1.165, 1.54) is 47.0 Å². The maximum atomic E-state index is 12.6. The first kappa shape index (κ1) is 18.3. The predicted octanol–water partition coefficient (Wildman–Crippen LogP) is 1.34. The van der Waals surface area contributed by atoms with Gasteiger partial charge < -0.3 is 13.9 Å². The number of carbonyl (C=O) groups excluding carboxylic acids is 2. The second-order valence-electron chi connectivity index (χ2n) is 5.52. The number of esters is 1. The Morgan fingerprint density at radius 1 is 1.12 bits per heavy atom. The largest absolute Gasteiger partial charge is 0.457 e. The summed E-state index contributed by atoms with van der Waals surface area (Å²) in [5.74, 6) is -1.29. The van der Waals surface area contributed by atoms with Crippen LogP contribution in [-0.4, -0.2) is 57.4 Å². The molecule has 1 fully saturated rings. The molecule has 0 aliphatic carbocycles. The van der Waals surface area contributed by atoms with Crippen molar-refractivity contribution in [3.8, 4) is 0 Å².